The molecule has 0 saturated heterocycles. The smallest absolute Gasteiger partial charge is 0.161 e. The Morgan fingerprint density at radius 2 is 0.868 bits per heavy atom. The van der Waals surface area contributed by atoms with Crippen molar-refractivity contribution in [2.45, 2.75) is 0 Å². The fourth-order valence-electron chi connectivity index (χ4n) is 8.35. The molecule has 0 bridgehead atoms. The van der Waals surface area contributed by atoms with Gasteiger partial charge in [0.25, 0.3) is 0 Å². The van der Waals surface area contributed by atoms with E-state index in [1.807, 2.05) is 0 Å². The van der Waals surface area contributed by atoms with Crippen LogP contribution in [0.4, 0.5) is 0 Å². The third kappa shape index (κ3) is 4.61. The zero-order chi connectivity index (χ0) is 34.9. The molecule has 11 rings (SSSR count). The molecule has 9 aromatic carbocycles. The van der Waals surface area contributed by atoms with E-state index in [1.165, 1.54) is 54.5 Å². The van der Waals surface area contributed by atoms with Crippen molar-refractivity contribution in [3.63, 3.8) is 0 Å². The summed E-state index contributed by atoms with van der Waals surface area (Å²) < 4.78 is 2.45. The average Bonchev–Trinajstić information content (AvgIpc) is 3.58. The standard InChI is InChI=1S/C50H31N3/c1-2-12-32(13-3-1)33-22-24-36(25-23-33)49-42-20-10-11-21-43(42)51-50(52-49)41-28-31-44(40-19-9-8-18-39(40)41)53-45-29-26-34-14-4-6-16-37(34)47(45)48-38-17-7-5-15-35(38)27-30-46(48)53/h1-31H. The normalized spacial score (nSPS) is 11.8. The first kappa shape index (κ1) is 29.6. The predicted octanol–water partition coefficient (Wildman–Crippen LogP) is 13.2. The van der Waals surface area contributed by atoms with Crippen LogP contribution in [0.5, 0.6) is 0 Å². The van der Waals surface area contributed by atoms with Crippen LogP contribution < -0.4 is 0 Å². The van der Waals surface area contributed by atoms with Gasteiger partial charge in [-0.1, -0.05) is 158 Å². The summed E-state index contributed by atoms with van der Waals surface area (Å²) in [7, 11) is 0. The first-order valence-electron chi connectivity index (χ1n) is 18.1. The van der Waals surface area contributed by atoms with E-state index in [2.05, 4.69) is 193 Å². The third-order valence-electron chi connectivity index (χ3n) is 10.8. The summed E-state index contributed by atoms with van der Waals surface area (Å²) in [4.78, 5) is 10.5. The van der Waals surface area contributed by atoms with Crippen LogP contribution in [0.1, 0.15) is 0 Å². The lowest BCUT2D eigenvalue weighted by Crippen LogP contribution is -1.99. The van der Waals surface area contributed by atoms with Crippen LogP contribution in [0.2, 0.25) is 0 Å². The molecule has 0 aliphatic rings. The molecule has 0 atom stereocenters. The van der Waals surface area contributed by atoms with Crippen molar-refractivity contribution in [3.8, 4) is 39.5 Å². The highest BCUT2D eigenvalue weighted by Gasteiger charge is 2.20. The summed E-state index contributed by atoms with van der Waals surface area (Å²) in [5, 5.41) is 10.9. The molecule has 0 fully saturated rings. The summed E-state index contributed by atoms with van der Waals surface area (Å²) in [5.74, 6) is 0.716. The highest BCUT2D eigenvalue weighted by Crippen LogP contribution is 2.43. The maximum absolute atomic E-state index is 5.34. The van der Waals surface area contributed by atoms with E-state index < -0.39 is 0 Å². The molecule has 0 unspecified atom stereocenters. The molecule has 2 heterocycles. The number of rotatable bonds is 4. The van der Waals surface area contributed by atoms with Gasteiger partial charge in [0.2, 0.25) is 0 Å². The van der Waals surface area contributed by atoms with Gasteiger partial charge in [-0.05, 0) is 68.4 Å². The fraction of sp³-hybridized carbons (Fsp3) is 0. The number of nitrogens with zero attached hydrogens (tertiary/aromatic N) is 3. The molecule has 0 N–H and O–H groups in total. The van der Waals surface area contributed by atoms with Gasteiger partial charge in [-0.15, -0.1) is 0 Å². The Hall–Kier alpha value is -7.10. The number of fused-ring (bicyclic) bond motifs is 9. The number of aromatic nitrogens is 3. The lowest BCUT2D eigenvalue weighted by molar-refractivity contribution is 1.19. The molecule has 0 aliphatic carbocycles. The van der Waals surface area contributed by atoms with Crippen LogP contribution in [0.3, 0.4) is 0 Å². The lowest BCUT2D eigenvalue weighted by Gasteiger charge is -2.15. The Balaban J connectivity index is 1.15. The number of hydrogen-bond donors (Lipinski definition) is 0. The van der Waals surface area contributed by atoms with E-state index >= 15 is 0 Å². The van der Waals surface area contributed by atoms with Crippen molar-refractivity contribution in [2.24, 2.45) is 0 Å². The summed E-state index contributed by atoms with van der Waals surface area (Å²) in [6.07, 6.45) is 0. The SMILES string of the molecule is c1ccc(-c2ccc(-c3nc(-c4ccc(-n5c6ccc7ccccc7c6c6c7ccccc7ccc65)c5ccccc45)nc4ccccc34)cc2)cc1. The molecule has 0 aliphatic heterocycles. The molecule has 0 spiro atoms. The van der Waals surface area contributed by atoms with Gasteiger partial charge in [0.1, 0.15) is 0 Å². The van der Waals surface area contributed by atoms with Gasteiger partial charge >= 0.3 is 0 Å². The van der Waals surface area contributed by atoms with Crippen LogP contribution in [-0.4, -0.2) is 14.5 Å². The van der Waals surface area contributed by atoms with Gasteiger partial charge < -0.3 is 4.57 Å². The largest absolute Gasteiger partial charge is 0.309 e. The number of para-hydroxylation sites is 1. The monoisotopic (exact) mass is 673 g/mol. The summed E-state index contributed by atoms with van der Waals surface area (Å²) in [5.41, 5.74) is 9.82. The fourth-order valence-corrected chi connectivity index (χ4v) is 8.35. The minimum atomic E-state index is 0.716. The molecule has 3 nitrogen and oxygen atoms in total. The van der Waals surface area contributed by atoms with Gasteiger partial charge in [-0.2, -0.15) is 0 Å². The Labute approximate surface area is 306 Å². The highest BCUT2D eigenvalue weighted by atomic mass is 15.0. The Morgan fingerprint density at radius 3 is 1.55 bits per heavy atom. The first-order chi connectivity index (χ1) is 26.3. The van der Waals surface area contributed by atoms with Gasteiger partial charge in [0.15, 0.2) is 5.82 Å². The molecule has 3 heteroatoms. The quantitative estimate of drug-likeness (QED) is 0.186. The van der Waals surface area contributed by atoms with Crippen molar-refractivity contribution in [2.75, 3.05) is 0 Å². The first-order valence-corrected chi connectivity index (χ1v) is 18.1. The van der Waals surface area contributed by atoms with E-state index in [0.717, 1.165) is 44.2 Å². The second-order valence-corrected chi connectivity index (χ2v) is 13.7. The molecular formula is C50H31N3. The third-order valence-corrected chi connectivity index (χ3v) is 10.8. The van der Waals surface area contributed by atoms with Crippen molar-refractivity contribution >= 4 is 65.0 Å². The lowest BCUT2D eigenvalue weighted by atomic mass is 9.99. The van der Waals surface area contributed by atoms with E-state index in [9.17, 15) is 0 Å². The minimum Gasteiger partial charge on any atom is -0.309 e. The highest BCUT2D eigenvalue weighted by molar-refractivity contribution is 6.29. The zero-order valence-electron chi connectivity index (χ0n) is 28.7. The predicted molar refractivity (Wildman–Crippen MR) is 223 cm³/mol. The Kier molecular flexibility index (Phi) is 6.55. The Morgan fingerprint density at radius 1 is 0.340 bits per heavy atom. The molecule has 0 saturated carbocycles. The number of hydrogen-bond acceptors (Lipinski definition) is 2. The van der Waals surface area contributed by atoms with Gasteiger partial charge in [0, 0.05) is 32.7 Å². The van der Waals surface area contributed by atoms with E-state index in [0.29, 0.717) is 5.82 Å². The van der Waals surface area contributed by atoms with Gasteiger partial charge in [0.05, 0.1) is 27.9 Å². The minimum absolute atomic E-state index is 0.716. The van der Waals surface area contributed by atoms with E-state index in [1.54, 1.807) is 0 Å². The molecule has 2 aromatic heterocycles. The van der Waals surface area contributed by atoms with Crippen LogP contribution in [0, 0.1) is 0 Å². The van der Waals surface area contributed by atoms with Gasteiger partial charge in [-0.3, -0.25) is 0 Å². The van der Waals surface area contributed by atoms with Crippen molar-refractivity contribution in [1.82, 2.24) is 14.5 Å². The molecule has 53 heavy (non-hydrogen) atoms. The van der Waals surface area contributed by atoms with Crippen LogP contribution >= 0.6 is 0 Å². The molecule has 0 amide bonds. The summed E-state index contributed by atoms with van der Waals surface area (Å²) in [6, 6.07) is 67.3. The molecule has 11 aromatic rings. The summed E-state index contributed by atoms with van der Waals surface area (Å²) in [6.45, 7) is 0. The van der Waals surface area contributed by atoms with Crippen molar-refractivity contribution < 1.29 is 0 Å². The van der Waals surface area contributed by atoms with Crippen molar-refractivity contribution in [3.05, 3.63) is 188 Å². The van der Waals surface area contributed by atoms with Crippen LogP contribution in [0.15, 0.2) is 188 Å². The average molecular weight is 674 g/mol. The summed E-state index contributed by atoms with van der Waals surface area (Å²) >= 11 is 0. The second-order valence-electron chi connectivity index (χ2n) is 13.7. The van der Waals surface area contributed by atoms with Crippen LogP contribution in [0.25, 0.3) is 104 Å². The van der Waals surface area contributed by atoms with Crippen molar-refractivity contribution in [1.29, 1.82) is 0 Å². The van der Waals surface area contributed by atoms with Gasteiger partial charge in [-0.25, -0.2) is 9.97 Å². The molecule has 0 radical (unpaired) electrons. The maximum atomic E-state index is 5.34. The second kappa shape index (κ2) is 11.7. The zero-order valence-corrected chi connectivity index (χ0v) is 28.7. The van der Waals surface area contributed by atoms with E-state index in [4.69, 9.17) is 9.97 Å². The molecular weight excluding hydrogens is 643 g/mol. The number of benzene rings is 9. The molecule has 246 valence electrons. The Bertz CT molecular complexity index is 3120. The van der Waals surface area contributed by atoms with Crippen LogP contribution in [-0.2, 0) is 0 Å². The van der Waals surface area contributed by atoms with E-state index in [-0.39, 0.29) is 0 Å². The topological polar surface area (TPSA) is 30.7 Å². The maximum Gasteiger partial charge on any atom is 0.161 e.